The smallest absolute Gasteiger partial charge is 0.246 e. The van der Waals surface area contributed by atoms with E-state index in [1.165, 1.54) is 7.11 Å². The highest BCUT2D eigenvalue weighted by atomic mass is 16.5. The average molecular weight is 788 g/mol. The molecule has 1 heterocycles. The summed E-state index contributed by atoms with van der Waals surface area (Å²) in [5.41, 5.74) is 1.56. The molecule has 2 rings (SSSR count). The van der Waals surface area contributed by atoms with Crippen LogP contribution < -0.4 is 21.3 Å². The number of benzene rings is 1. The van der Waals surface area contributed by atoms with Crippen LogP contribution in [0, 0.1) is 23.7 Å². The number of amides is 5. The summed E-state index contributed by atoms with van der Waals surface area (Å²) in [6.45, 7) is 18.5. The molecular weight excluding hydrogens is 715 g/mol. The third-order valence-corrected chi connectivity index (χ3v) is 11.2. The lowest BCUT2D eigenvalue weighted by Crippen LogP contribution is -2.59. The largest absolute Gasteiger partial charge is 0.385 e. The summed E-state index contributed by atoms with van der Waals surface area (Å²) in [6, 6.07) is 4.52. The highest BCUT2D eigenvalue weighted by molar-refractivity contribution is 5.97. The molecule has 1 saturated heterocycles. The predicted octanol–water partition coefficient (Wildman–Crippen LogP) is 4.21. The van der Waals surface area contributed by atoms with Gasteiger partial charge in [-0.3, -0.25) is 28.9 Å². The summed E-state index contributed by atoms with van der Waals surface area (Å²) in [6.07, 6.45) is 0.861. The minimum absolute atomic E-state index is 0.0120. The normalized spacial score (nSPS) is 18.7. The average Bonchev–Trinajstić information content (AvgIpc) is 3.63. The first-order valence-electron chi connectivity index (χ1n) is 20.4. The Kier molecular flexibility index (Phi) is 19.8. The zero-order valence-electron chi connectivity index (χ0n) is 36.6. The Morgan fingerprint density at radius 3 is 1.93 bits per heavy atom. The summed E-state index contributed by atoms with van der Waals surface area (Å²) < 4.78 is 11.9. The van der Waals surface area contributed by atoms with E-state index in [1.54, 1.807) is 49.9 Å². The first-order chi connectivity index (χ1) is 26.3. The molecule has 318 valence electrons. The van der Waals surface area contributed by atoms with Gasteiger partial charge in [0.1, 0.15) is 12.1 Å². The van der Waals surface area contributed by atoms with Gasteiger partial charge in [0.05, 0.1) is 42.7 Å². The van der Waals surface area contributed by atoms with Crippen LogP contribution in [-0.4, -0.2) is 135 Å². The summed E-state index contributed by atoms with van der Waals surface area (Å²) in [5, 5.41) is 11.9. The topological polar surface area (TPSA) is 162 Å². The van der Waals surface area contributed by atoms with E-state index in [-0.39, 0.29) is 59.8 Å². The Labute approximate surface area is 336 Å². The van der Waals surface area contributed by atoms with Crippen molar-refractivity contribution in [3.8, 4) is 0 Å². The molecule has 5 amide bonds. The number of hydrogen-bond acceptors (Lipinski definition) is 9. The molecule has 1 aliphatic rings. The third kappa shape index (κ3) is 12.9. The van der Waals surface area contributed by atoms with Gasteiger partial charge in [-0.15, -0.1) is 0 Å². The number of likely N-dealkylation sites (tertiary alicyclic amines) is 1. The number of nitrogens with one attached hydrogen (secondary N) is 4. The molecule has 0 saturated carbocycles. The predicted molar refractivity (Wildman–Crippen MR) is 222 cm³/mol. The van der Waals surface area contributed by atoms with Crippen LogP contribution >= 0.6 is 0 Å². The molecule has 4 N–H and O–H groups in total. The van der Waals surface area contributed by atoms with Crippen molar-refractivity contribution in [3.63, 3.8) is 0 Å². The monoisotopic (exact) mass is 788 g/mol. The number of anilines is 2. The highest BCUT2D eigenvalue weighted by Crippen LogP contribution is 2.30. The molecule has 14 nitrogen and oxygen atoms in total. The maximum atomic E-state index is 14.2. The SMILES string of the molecule is CCNc1ccc(NC(=O)[C@H](C)NC(=O)[C@H](C)[C@@H](OC)[C@@H]2CCCN2C(=O)C[C@@H](OC)[C@H]([C@@H](C)CC)N(C)C(=O)[C@@H](NC(=O)[C@H](C(C)C)N(C)C)C(C)C)cc1. The molecule has 0 aliphatic carbocycles. The number of nitrogens with zero attached hydrogens (tertiary/aromatic N) is 3. The lowest BCUT2D eigenvalue weighted by Gasteiger charge is -2.41. The fourth-order valence-corrected chi connectivity index (χ4v) is 7.95. The van der Waals surface area contributed by atoms with Crippen molar-refractivity contribution >= 4 is 40.9 Å². The van der Waals surface area contributed by atoms with Gasteiger partial charge < -0.3 is 40.5 Å². The quantitative estimate of drug-likeness (QED) is 0.135. The number of ether oxygens (including phenoxy) is 2. The van der Waals surface area contributed by atoms with Gasteiger partial charge in [0, 0.05) is 45.7 Å². The molecule has 0 aromatic heterocycles. The van der Waals surface area contributed by atoms with Gasteiger partial charge in [-0.05, 0) is 82.8 Å². The maximum absolute atomic E-state index is 14.2. The fraction of sp³-hybridized carbons (Fsp3) is 0.738. The molecule has 0 spiro atoms. The number of rotatable bonds is 22. The molecule has 1 aliphatic heterocycles. The zero-order valence-corrected chi connectivity index (χ0v) is 36.6. The Morgan fingerprint density at radius 2 is 1.43 bits per heavy atom. The fourth-order valence-electron chi connectivity index (χ4n) is 7.95. The Morgan fingerprint density at radius 1 is 0.821 bits per heavy atom. The summed E-state index contributed by atoms with van der Waals surface area (Å²) >= 11 is 0. The van der Waals surface area contributed by atoms with Gasteiger partial charge >= 0.3 is 0 Å². The van der Waals surface area contributed by atoms with Gasteiger partial charge in [-0.2, -0.15) is 0 Å². The van der Waals surface area contributed by atoms with Gasteiger partial charge in [0.2, 0.25) is 29.5 Å². The first kappa shape index (κ1) is 48.4. The van der Waals surface area contributed by atoms with E-state index in [2.05, 4.69) is 21.3 Å². The van der Waals surface area contributed by atoms with E-state index in [1.807, 2.05) is 79.6 Å². The second kappa shape index (κ2) is 22.9. The molecule has 0 unspecified atom stereocenters. The molecule has 0 bridgehead atoms. The molecule has 9 atom stereocenters. The van der Waals surface area contributed by atoms with Gasteiger partial charge in [-0.1, -0.05) is 54.9 Å². The first-order valence-corrected chi connectivity index (χ1v) is 20.4. The van der Waals surface area contributed by atoms with Crippen LogP contribution in [0.3, 0.4) is 0 Å². The Hall–Kier alpha value is -3.75. The van der Waals surface area contributed by atoms with Crippen LogP contribution in [0.2, 0.25) is 0 Å². The van der Waals surface area contributed by atoms with Crippen LogP contribution in [0.15, 0.2) is 24.3 Å². The van der Waals surface area contributed by atoms with Crippen LogP contribution in [0.1, 0.15) is 88.0 Å². The van der Waals surface area contributed by atoms with Crippen molar-refractivity contribution in [2.24, 2.45) is 23.7 Å². The number of carbonyl (C=O) groups is 5. The summed E-state index contributed by atoms with van der Waals surface area (Å²) in [7, 11) is 8.52. The second-order valence-corrected chi connectivity index (χ2v) is 16.3. The van der Waals surface area contributed by atoms with Crippen molar-refractivity contribution in [2.75, 3.05) is 59.1 Å². The van der Waals surface area contributed by atoms with E-state index >= 15 is 0 Å². The van der Waals surface area contributed by atoms with Crippen molar-refractivity contribution in [1.29, 1.82) is 0 Å². The molecule has 56 heavy (non-hydrogen) atoms. The van der Waals surface area contributed by atoms with Crippen LogP contribution in [0.25, 0.3) is 0 Å². The van der Waals surface area contributed by atoms with Gasteiger partial charge in [0.25, 0.3) is 0 Å². The van der Waals surface area contributed by atoms with E-state index in [4.69, 9.17) is 9.47 Å². The summed E-state index contributed by atoms with van der Waals surface area (Å²) in [4.78, 5) is 73.7. The molecule has 0 radical (unpaired) electrons. The van der Waals surface area contributed by atoms with Crippen LogP contribution in [0.4, 0.5) is 11.4 Å². The van der Waals surface area contributed by atoms with Crippen molar-refractivity contribution in [3.05, 3.63) is 24.3 Å². The minimum Gasteiger partial charge on any atom is -0.385 e. The number of likely N-dealkylation sites (N-methyl/N-ethyl adjacent to an activating group) is 2. The molecule has 1 aromatic carbocycles. The molecule has 14 heteroatoms. The lowest BCUT2D eigenvalue weighted by molar-refractivity contribution is -0.148. The zero-order chi connectivity index (χ0) is 42.4. The standard InChI is InChI=1S/C42H73N7O7/c1-15-27(7)37(48(12)42(54)35(25(3)4)46-41(53)36(26(5)6)47(10)11)33(55-13)24-34(50)49-23-17-18-32(49)38(56-14)28(8)39(51)44-29(9)40(52)45-31-21-19-30(20-22-31)43-16-2/h19-22,25-29,32-33,35-38,43H,15-18,23-24H2,1-14H3,(H,44,51)(H,45,52)(H,46,53)/t27-,28+,29-,32-,33+,35-,36-,37-,38+/m0/s1. The van der Waals surface area contributed by atoms with Gasteiger partial charge in [-0.25, -0.2) is 0 Å². The third-order valence-electron chi connectivity index (χ3n) is 11.2. The molecular formula is C42H73N7O7. The van der Waals surface area contributed by atoms with Crippen molar-refractivity contribution < 1.29 is 33.4 Å². The number of carbonyl (C=O) groups excluding carboxylic acids is 5. The lowest BCUT2D eigenvalue weighted by atomic mass is 9.89. The molecule has 1 aromatic rings. The second-order valence-electron chi connectivity index (χ2n) is 16.3. The Bertz CT molecular complexity index is 1410. The highest BCUT2D eigenvalue weighted by Gasteiger charge is 2.43. The van der Waals surface area contributed by atoms with Crippen LogP contribution in [-0.2, 0) is 33.4 Å². The molecule has 1 fully saturated rings. The number of hydrogen-bond donors (Lipinski definition) is 4. The van der Waals surface area contributed by atoms with Gasteiger partial charge in [0.15, 0.2) is 0 Å². The maximum Gasteiger partial charge on any atom is 0.246 e. The minimum atomic E-state index is -0.815. The van der Waals surface area contributed by atoms with E-state index in [0.717, 1.165) is 25.1 Å². The van der Waals surface area contributed by atoms with Crippen molar-refractivity contribution in [1.82, 2.24) is 25.3 Å². The van der Waals surface area contributed by atoms with E-state index in [0.29, 0.717) is 18.7 Å². The summed E-state index contributed by atoms with van der Waals surface area (Å²) in [5.74, 6) is -2.15. The van der Waals surface area contributed by atoms with E-state index < -0.39 is 42.3 Å². The number of methoxy groups -OCH3 is 2. The Balaban J connectivity index is 2.21. The van der Waals surface area contributed by atoms with Crippen LogP contribution in [0.5, 0.6) is 0 Å². The van der Waals surface area contributed by atoms with E-state index in [9.17, 15) is 24.0 Å². The van der Waals surface area contributed by atoms with Crippen molar-refractivity contribution in [2.45, 2.75) is 130 Å².